The molecular formula is C16H19N3O5S2. The Morgan fingerprint density at radius 1 is 1.19 bits per heavy atom. The summed E-state index contributed by atoms with van der Waals surface area (Å²) in [6, 6.07) is 6.22. The Bertz CT molecular complexity index is 1030. The van der Waals surface area contributed by atoms with Crippen LogP contribution in [0.15, 0.2) is 43.6 Å². The number of sulfonamides is 1. The molecule has 140 valence electrons. The van der Waals surface area contributed by atoms with Crippen LogP contribution in [0.5, 0.6) is 0 Å². The van der Waals surface area contributed by atoms with Gasteiger partial charge in [0.15, 0.2) is 11.6 Å². The maximum absolute atomic E-state index is 12.9. The molecule has 0 unspecified atom stereocenters. The Labute approximate surface area is 152 Å². The van der Waals surface area contributed by atoms with Crippen LogP contribution in [0.1, 0.15) is 21.9 Å². The molecular weight excluding hydrogens is 378 g/mol. The molecule has 0 atom stereocenters. The number of carbonyl (C=O) groups excluding carboxylic acids is 1. The van der Waals surface area contributed by atoms with Crippen molar-refractivity contribution < 1.29 is 21.8 Å². The third kappa shape index (κ3) is 3.96. The summed E-state index contributed by atoms with van der Waals surface area (Å²) >= 11 is 0. The molecule has 26 heavy (non-hydrogen) atoms. The van der Waals surface area contributed by atoms with Crippen LogP contribution in [-0.4, -0.2) is 53.0 Å². The predicted molar refractivity (Wildman–Crippen MR) is 95.8 cm³/mol. The molecule has 0 bridgehead atoms. The third-order valence-electron chi connectivity index (χ3n) is 4.04. The zero-order valence-electron chi connectivity index (χ0n) is 14.4. The first-order valence-corrected chi connectivity index (χ1v) is 11.2. The Kier molecular flexibility index (Phi) is 4.89. The Balaban J connectivity index is 1.76. The van der Waals surface area contributed by atoms with E-state index in [1.807, 2.05) is 6.92 Å². The molecule has 0 aliphatic carbocycles. The number of aryl methyl sites for hydroxylation is 2. The Morgan fingerprint density at radius 3 is 2.35 bits per heavy atom. The number of amides is 1. The highest BCUT2D eigenvalue weighted by molar-refractivity contribution is 8.03. The molecule has 0 N–H and O–H groups in total. The molecule has 1 aliphatic rings. The van der Waals surface area contributed by atoms with Crippen molar-refractivity contribution in [2.45, 2.75) is 18.7 Å². The van der Waals surface area contributed by atoms with E-state index < -0.39 is 19.8 Å². The zero-order valence-corrected chi connectivity index (χ0v) is 16.0. The van der Waals surface area contributed by atoms with Gasteiger partial charge in [0, 0.05) is 20.0 Å². The molecule has 1 fully saturated rings. The van der Waals surface area contributed by atoms with Gasteiger partial charge >= 0.3 is 0 Å². The van der Waals surface area contributed by atoms with Crippen LogP contribution < -0.4 is 0 Å². The second-order valence-corrected chi connectivity index (χ2v) is 10.5. The SMILES string of the molecule is Cc1ccc(S(=O)(=O)N=S2(=O)CCN(C(=O)c3coc(C)n3)CC2)cc1. The molecule has 10 heteroatoms. The summed E-state index contributed by atoms with van der Waals surface area (Å²) < 4.78 is 46.4. The molecule has 1 aromatic carbocycles. The highest BCUT2D eigenvalue weighted by Crippen LogP contribution is 2.18. The molecule has 0 radical (unpaired) electrons. The first-order chi connectivity index (χ1) is 12.2. The lowest BCUT2D eigenvalue weighted by Crippen LogP contribution is -2.44. The van der Waals surface area contributed by atoms with Crippen molar-refractivity contribution in [2.24, 2.45) is 3.77 Å². The molecule has 0 spiro atoms. The summed E-state index contributed by atoms with van der Waals surface area (Å²) in [5.74, 6) is 0.0551. The minimum absolute atomic E-state index is 0.000660. The Morgan fingerprint density at radius 2 is 1.81 bits per heavy atom. The van der Waals surface area contributed by atoms with Crippen LogP contribution in [0.25, 0.3) is 0 Å². The van der Waals surface area contributed by atoms with Crippen molar-refractivity contribution in [3.05, 3.63) is 47.7 Å². The van der Waals surface area contributed by atoms with Gasteiger partial charge in [-0.25, -0.2) is 9.19 Å². The van der Waals surface area contributed by atoms with Crippen molar-refractivity contribution in [2.75, 3.05) is 24.6 Å². The van der Waals surface area contributed by atoms with Gasteiger partial charge in [-0.1, -0.05) is 17.7 Å². The number of benzene rings is 1. The van der Waals surface area contributed by atoms with Gasteiger partial charge in [-0.2, -0.15) is 8.42 Å². The minimum atomic E-state index is -4.00. The lowest BCUT2D eigenvalue weighted by Gasteiger charge is -2.27. The van der Waals surface area contributed by atoms with Crippen molar-refractivity contribution in [1.82, 2.24) is 9.88 Å². The maximum Gasteiger partial charge on any atom is 0.290 e. The third-order valence-corrected chi connectivity index (χ3v) is 8.42. The summed E-state index contributed by atoms with van der Waals surface area (Å²) in [4.78, 5) is 17.8. The van der Waals surface area contributed by atoms with Crippen LogP contribution in [0.3, 0.4) is 0 Å². The molecule has 8 nitrogen and oxygen atoms in total. The zero-order chi connectivity index (χ0) is 18.9. The molecule has 1 aromatic heterocycles. The van der Waals surface area contributed by atoms with E-state index in [9.17, 15) is 17.4 Å². The summed E-state index contributed by atoms with van der Waals surface area (Å²) in [5.41, 5.74) is 1.10. The van der Waals surface area contributed by atoms with E-state index in [0.717, 1.165) is 5.56 Å². The Hall–Kier alpha value is -2.20. The maximum atomic E-state index is 12.9. The first-order valence-electron chi connectivity index (χ1n) is 7.95. The van der Waals surface area contributed by atoms with E-state index in [2.05, 4.69) is 8.75 Å². The van der Waals surface area contributed by atoms with Crippen molar-refractivity contribution in [1.29, 1.82) is 0 Å². The highest BCUT2D eigenvalue weighted by atomic mass is 32.3. The van der Waals surface area contributed by atoms with Crippen LogP contribution >= 0.6 is 0 Å². The highest BCUT2D eigenvalue weighted by Gasteiger charge is 2.28. The minimum Gasteiger partial charge on any atom is -0.448 e. The van der Waals surface area contributed by atoms with E-state index in [4.69, 9.17) is 4.42 Å². The second kappa shape index (κ2) is 6.84. The number of hydrogen-bond donors (Lipinski definition) is 0. The van der Waals surface area contributed by atoms with Gasteiger partial charge in [0.2, 0.25) is 0 Å². The van der Waals surface area contributed by atoms with E-state index >= 15 is 0 Å². The van der Waals surface area contributed by atoms with Gasteiger partial charge in [-0.15, -0.1) is 3.77 Å². The number of nitrogens with zero attached hydrogens (tertiary/aromatic N) is 3. The van der Waals surface area contributed by atoms with Gasteiger partial charge in [-0.05, 0) is 19.1 Å². The second-order valence-electron chi connectivity index (χ2n) is 6.09. The van der Waals surface area contributed by atoms with Gasteiger partial charge < -0.3 is 9.32 Å². The van der Waals surface area contributed by atoms with Gasteiger partial charge in [0.25, 0.3) is 15.9 Å². The van der Waals surface area contributed by atoms with Crippen LogP contribution in [0, 0.1) is 13.8 Å². The summed E-state index contributed by atoms with van der Waals surface area (Å²) in [6.07, 6.45) is 1.27. The molecule has 1 amide bonds. The fraction of sp³-hybridized carbons (Fsp3) is 0.375. The number of oxazole rings is 1. The normalized spacial score (nSPS) is 17.1. The monoisotopic (exact) mass is 397 g/mol. The summed E-state index contributed by atoms with van der Waals surface area (Å²) in [7, 11) is -6.95. The average molecular weight is 397 g/mol. The standard InChI is InChI=1S/C16H19N3O5S2/c1-12-3-5-14(6-4-12)26(22,23)18-25(21)9-7-19(8-10-25)16(20)15-11-24-13(2)17-15/h3-6,11H,7-10H2,1-2H3. The van der Waals surface area contributed by atoms with Crippen molar-refractivity contribution in [3.63, 3.8) is 0 Å². The molecule has 3 rings (SSSR count). The molecule has 2 heterocycles. The quantitative estimate of drug-likeness (QED) is 0.778. The predicted octanol–water partition coefficient (Wildman–Crippen LogP) is 1.60. The smallest absolute Gasteiger partial charge is 0.290 e. The van der Waals surface area contributed by atoms with E-state index in [0.29, 0.717) is 5.89 Å². The van der Waals surface area contributed by atoms with E-state index in [-0.39, 0.29) is 41.1 Å². The molecule has 1 saturated heterocycles. The number of hydrogen-bond acceptors (Lipinski definition) is 6. The molecule has 2 aromatic rings. The summed E-state index contributed by atoms with van der Waals surface area (Å²) in [5, 5.41) is 0. The lowest BCUT2D eigenvalue weighted by atomic mass is 10.2. The topological polar surface area (TPSA) is 110 Å². The number of aromatic nitrogens is 1. The van der Waals surface area contributed by atoms with Crippen molar-refractivity contribution in [3.8, 4) is 0 Å². The fourth-order valence-corrected chi connectivity index (χ4v) is 6.62. The summed E-state index contributed by atoms with van der Waals surface area (Å²) in [6.45, 7) is 3.78. The van der Waals surface area contributed by atoms with Gasteiger partial charge in [0.1, 0.15) is 6.26 Å². The van der Waals surface area contributed by atoms with Gasteiger partial charge in [0.05, 0.1) is 26.1 Å². The first kappa shape index (κ1) is 18.6. The number of carbonyl (C=O) groups is 1. The van der Waals surface area contributed by atoms with Crippen LogP contribution in [0.4, 0.5) is 0 Å². The van der Waals surface area contributed by atoms with Crippen molar-refractivity contribution >= 4 is 25.7 Å². The molecule has 0 saturated carbocycles. The van der Waals surface area contributed by atoms with Crippen LogP contribution in [-0.2, 0) is 19.8 Å². The lowest BCUT2D eigenvalue weighted by molar-refractivity contribution is 0.0765. The number of rotatable bonds is 3. The fourth-order valence-electron chi connectivity index (χ4n) is 2.55. The molecule has 1 aliphatic heterocycles. The van der Waals surface area contributed by atoms with E-state index in [1.165, 1.54) is 23.3 Å². The van der Waals surface area contributed by atoms with E-state index in [1.54, 1.807) is 19.1 Å². The average Bonchev–Trinajstić information content (AvgIpc) is 3.01. The largest absolute Gasteiger partial charge is 0.448 e. The van der Waals surface area contributed by atoms with Crippen LogP contribution in [0.2, 0.25) is 0 Å². The van der Waals surface area contributed by atoms with Gasteiger partial charge in [-0.3, -0.25) is 4.79 Å².